The van der Waals surface area contributed by atoms with E-state index in [9.17, 15) is 10.2 Å². The summed E-state index contributed by atoms with van der Waals surface area (Å²) in [4.78, 5) is 0. The minimum absolute atomic E-state index is 0.214. The van der Waals surface area contributed by atoms with Gasteiger partial charge in [-0.1, -0.05) is 0 Å². The molecule has 2 N–H and O–H groups in total. The van der Waals surface area contributed by atoms with Gasteiger partial charge in [0.25, 0.3) is 0 Å². The van der Waals surface area contributed by atoms with Crippen molar-refractivity contribution in [2.24, 2.45) is 0 Å². The molecular formula is C30H40O12. The number of aryl methyl sites for hydroxylation is 3. The first-order chi connectivity index (χ1) is 20.1. The zero-order valence-electron chi connectivity index (χ0n) is 25.9. The van der Waals surface area contributed by atoms with Crippen LogP contribution >= 0.6 is 0 Å². The van der Waals surface area contributed by atoms with Crippen molar-refractivity contribution in [1.29, 1.82) is 0 Å². The fraction of sp³-hybridized carbons (Fsp3) is 0.400. The third-order valence-electron chi connectivity index (χ3n) is 6.15. The number of benzene rings is 3. The molecule has 0 amide bonds. The maximum absolute atomic E-state index is 9.44. The molecule has 0 bridgehead atoms. The Morgan fingerprint density at radius 2 is 0.881 bits per heavy atom. The van der Waals surface area contributed by atoms with Gasteiger partial charge in [-0.05, 0) is 55.7 Å². The molecule has 0 aromatic heterocycles. The molecule has 232 valence electrons. The van der Waals surface area contributed by atoms with Crippen molar-refractivity contribution in [3.05, 3.63) is 34.9 Å². The maximum atomic E-state index is 9.44. The molecule has 4 rings (SSSR count). The number of fused-ring (bicyclic) bond motifs is 1. The van der Waals surface area contributed by atoms with E-state index in [1.54, 1.807) is 55.6 Å². The molecule has 0 spiro atoms. The van der Waals surface area contributed by atoms with E-state index in [0.29, 0.717) is 51.6 Å². The standard InChI is InChI=1S/C11H16O4.C10H12O4.C9H12O4/c1-7-6-8(12-2)10(14-4)11(15-5)9(7)13-3;1-6-4-7(11-2)9-10(8(6)12-3)14-5-13-9;1-5-4-6(12-2)7(10)8(11)9(5)13-3/h6H,1-5H3;4H,5H2,1-3H3;4,10-11H,1-3H3. The lowest BCUT2D eigenvalue weighted by Gasteiger charge is -2.16. The van der Waals surface area contributed by atoms with Crippen LogP contribution in [0.5, 0.6) is 69.0 Å². The molecule has 0 saturated heterocycles. The van der Waals surface area contributed by atoms with Gasteiger partial charge in [-0.25, -0.2) is 0 Å². The van der Waals surface area contributed by atoms with Crippen molar-refractivity contribution >= 4 is 0 Å². The van der Waals surface area contributed by atoms with Crippen LogP contribution < -0.4 is 47.4 Å². The maximum Gasteiger partial charge on any atom is 0.231 e. The van der Waals surface area contributed by atoms with Crippen LogP contribution in [-0.4, -0.2) is 73.9 Å². The Morgan fingerprint density at radius 1 is 0.452 bits per heavy atom. The fourth-order valence-electron chi connectivity index (χ4n) is 4.20. The van der Waals surface area contributed by atoms with Gasteiger partial charge < -0.3 is 57.6 Å². The average Bonchev–Trinajstić information content (AvgIpc) is 3.48. The molecule has 0 aliphatic carbocycles. The van der Waals surface area contributed by atoms with Crippen molar-refractivity contribution in [1.82, 2.24) is 0 Å². The highest BCUT2D eigenvalue weighted by molar-refractivity contribution is 5.64. The van der Waals surface area contributed by atoms with Crippen molar-refractivity contribution < 1.29 is 57.6 Å². The van der Waals surface area contributed by atoms with Crippen LogP contribution in [0.15, 0.2) is 18.2 Å². The summed E-state index contributed by atoms with van der Waals surface area (Å²) in [6, 6.07) is 5.31. The lowest BCUT2D eigenvalue weighted by molar-refractivity contribution is 0.168. The molecule has 0 fully saturated rings. The number of hydrogen-bond donors (Lipinski definition) is 2. The second-order valence-electron chi connectivity index (χ2n) is 8.62. The molecule has 0 saturated carbocycles. The van der Waals surface area contributed by atoms with Gasteiger partial charge in [0.15, 0.2) is 34.5 Å². The zero-order valence-corrected chi connectivity index (χ0v) is 25.9. The highest BCUT2D eigenvalue weighted by atomic mass is 16.7. The SMILES string of the molecule is COc1cc(C)c(OC)c(O)c1O.COc1cc(C)c(OC)c(OC)c1OC.COc1cc(C)c(OC)c2c1OCO2. The molecule has 42 heavy (non-hydrogen) atoms. The van der Waals surface area contributed by atoms with E-state index in [-0.39, 0.29) is 29.8 Å². The highest BCUT2D eigenvalue weighted by Crippen LogP contribution is 2.49. The highest BCUT2D eigenvalue weighted by Gasteiger charge is 2.25. The van der Waals surface area contributed by atoms with E-state index in [1.165, 1.54) is 14.2 Å². The predicted molar refractivity (Wildman–Crippen MR) is 155 cm³/mol. The minimum Gasteiger partial charge on any atom is -0.502 e. The monoisotopic (exact) mass is 592 g/mol. The first-order valence-corrected chi connectivity index (χ1v) is 12.6. The van der Waals surface area contributed by atoms with E-state index < -0.39 is 0 Å². The third-order valence-corrected chi connectivity index (χ3v) is 6.15. The van der Waals surface area contributed by atoms with Crippen LogP contribution in [-0.2, 0) is 0 Å². The van der Waals surface area contributed by atoms with Gasteiger partial charge in [0.1, 0.15) is 0 Å². The number of aromatic hydroxyl groups is 2. The summed E-state index contributed by atoms with van der Waals surface area (Å²) in [7, 11) is 12.4. The molecule has 0 unspecified atom stereocenters. The predicted octanol–water partition coefficient (Wildman–Crippen LogP) is 5.19. The molecule has 3 aromatic carbocycles. The Bertz CT molecular complexity index is 1350. The molecule has 1 heterocycles. The topological polar surface area (TPSA) is 133 Å². The smallest absolute Gasteiger partial charge is 0.231 e. The second-order valence-corrected chi connectivity index (χ2v) is 8.62. The Morgan fingerprint density at radius 3 is 1.38 bits per heavy atom. The molecule has 3 aromatic rings. The summed E-state index contributed by atoms with van der Waals surface area (Å²) < 4.78 is 51.7. The van der Waals surface area contributed by atoms with Crippen molar-refractivity contribution in [2.45, 2.75) is 20.8 Å². The summed E-state index contributed by atoms with van der Waals surface area (Å²) in [5, 5.41) is 18.8. The van der Waals surface area contributed by atoms with Crippen LogP contribution in [0.3, 0.4) is 0 Å². The molecule has 1 aliphatic heterocycles. The number of ether oxygens (including phenoxy) is 10. The number of rotatable bonds is 8. The largest absolute Gasteiger partial charge is 0.502 e. The molecule has 0 radical (unpaired) electrons. The van der Waals surface area contributed by atoms with Gasteiger partial charge in [-0.3, -0.25) is 0 Å². The minimum atomic E-state index is -0.301. The summed E-state index contributed by atoms with van der Waals surface area (Å²) >= 11 is 0. The summed E-state index contributed by atoms with van der Waals surface area (Å²) in [6.07, 6.45) is 0. The Labute approximate surface area is 246 Å². The summed E-state index contributed by atoms with van der Waals surface area (Å²) in [6.45, 7) is 5.82. The second kappa shape index (κ2) is 15.3. The zero-order chi connectivity index (χ0) is 31.6. The molecule has 12 heteroatoms. The molecule has 1 aliphatic rings. The summed E-state index contributed by atoms with van der Waals surface area (Å²) in [5.41, 5.74) is 2.61. The first-order valence-electron chi connectivity index (χ1n) is 12.6. The van der Waals surface area contributed by atoms with E-state index in [2.05, 4.69) is 0 Å². The molecule has 0 atom stereocenters. The Hall–Kier alpha value is -4.74. The van der Waals surface area contributed by atoms with E-state index in [0.717, 1.165) is 11.1 Å². The van der Waals surface area contributed by atoms with E-state index in [1.807, 2.05) is 26.0 Å². The molecule has 12 nitrogen and oxygen atoms in total. The lowest BCUT2D eigenvalue weighted by Crippen LogP contribution is -1.99. The normalized spacial score (nSPS) is 10.7. The van der Waals surface area contributed by atoms with Crippen LogP contribution in [0.1, 0.15) is 16.7 Å². The Kier molecular flexibility index (Phi) is 12.2. The fourth-order valence-corrected chi connectivity index (χ4v) is 4.20. The summed E-state index contributed by atoms with van der Waals surface area (Å²) in [5.74, 6) is 4.92. The van der Waals surface area contributed by atoms with Crippen LogP contribution in [0.25, 0.3) is 0 Å². The van der Waals surface area contributed by atoms with Crippen molar-refractivity contribution in [3.8, 4) is 69.0 Å². The van der Waals surface area contributed by atoms with Crippen LogP contribution in [0, 0.1) is 20.8 Å². The van der Waals surface area contributed by atoms with Gasteiger partial charge in [0, 0.05) is 0 Å². The van der Waals surface area contributed by atoms with Gasteiger partial charge in [0.05, 0.1) is 56.9 Å². The molecular weight excluding hydrogens is 552 g/mol. The van der Waals surface area contributed by atoms with E-state index in [4.69, 9.17) is 47.4 Å². The lowest BCUT2D eigenvalue weighted by atomic mass is 10.1. The Balaban J connectivity index is 0.000000221. The van der Waals surface area contributed by atoms with Crippen LogP contribution in [0.4, 0.5) is 0 Å². The van der Waals surface area contributed by atoms with Gasteiger partial charge in [0.2, 0.25) is 41.3 Å². The van der Waals surface area contributed by atoms with E-state index >= 15 is 0 Å². The number of methoxy groups -OCH3 is 8. The van der Waals surface area contributed by atoms with Crippen molar-refractivity contribution in [2.75, 3.05) is 63.7 Å². The van der Waals surface area contributed by atoms with Gasteiger partial charge in [-0.15, -0.1) is 0 Å². The van der Waals surface area contributed by atoms with Crippen molar-refractivity contribution in [3.63, 3.8) is 0 Å². The number of phenols is 2. The van der Waals surface area contributed by atoms with Crippen LogP contribution in [0.2, 0.25) is 0 Å². The van der Waals surface area contributed by atoms with Gasteiger partial charge in [-0.2, -0.15) is 0 Å². The number of hydrogen-bond acceptors (Lipinski definition) is 12. The number of phenolic OH excluding ortho intramolecular Hbond substituents is 2. The quantitative estimate of drug-likeness (QED) is 0.333. The third kappa shape index (κ3) is 6.93. The van der Waals surface area contributed by atoms with Gasteiger partial charge >= 0.3 is 0 Å². The average molecular weight is 593 g/mol. The first kappa shape index (κ1) is 33.5.